The van der Waals surface area contributed by atoms with Gasteiger partial charge in [-0.25, -0.2) is 0 Å². The molecule has 0 amide bonds. The van der Waals surface area contributed by atoms with E-state index in [-0.39, 0.29) is 11.2 Å². The summed E-state index contributed by atoms with van der Waals surface area (Å²) < 4.78 is 22.0. The van der Waals surface area contributed by atoms with Crippen molar-refractivity contribution >= 4 is 5.57 Å². The van der Waals surface area contributed by atoms with Crippen LogP contribution in [0, 0.1) is 6.92 Å². The van der Waals surface area contributed by atoms with E-state index >= 15 is 0 Å². The maximum absolute atomic E-state index is 12.4. The van der Waals surface area contributed by atoms with Gasteiger partial charge in [-0.05, 0) is 59.4 Å². The fourth-order valence-corrected chi connectivity index (χ4v) is 3.58. The fraction of sp³-hybridized carbons (Fsp3) is 0.286. The number of rotatable bonds is 4. The smallest absolute Gasteiger partial charge is 0.220 e. The molecule has 0 atom stereocenters. The van der Waals surface area contributed by atoms with Crippen molar-refractivity contribution in [3.8, 4) is 34.1 Å². The number of allylic oxidation sites excluding steroid dienone is 1. The summed E-state index contributed by atoms with van der Waals surface area (Å²) in [5.74, 6) is 2.04. The van der Waals surface area contributed by atoms with Gasteiger partial charge in [0.1, 0.15) is 0 Å². The first-order valence-electron chi connectivity index (χ1n) is 8.20. The van der Waals surface area contributed by atoms with Crippen LogP contribution in [-0.2, 0) is 6.42 Å². The van der Waals surface area contributed by atoms with Crippen molar-refractivity contribution in [3.05, 3.63) is 51.7 Å². The van der Waals surface area contributed by atoms with Crippen LogP contribution in [0.5, 0.6) is 23.0 Å². The molecule has 0 aromatic heterocycles. The molecule has 0 unspecified atom stereocenters. The van der Waals surface area contributed by atoms with Crippen LogP contribution in [0.15, 0.2) is 29.6 Å². The molecule has 26 heavy (non-hydrogen) atoms. The minimum Gasteiger partial charge on any atom is -0.493 e. The van der Waals surface area contributed by atoms with Crippen molar-refractivity contribution in [2.24, 2.45) is 0 Å². The predicted octanol–water partition coefficient (Wildman–Crippen LogP) is 3.63. The molecule has 3 rings (SSSR count). The average molecular weight is 354 g/mol. The zero-order valence-electron chi connectivity index (χ0n) is 15.7. The van der Waals surface area contributed by atoms with E-state index < -0.39 is 0 Å². The summed E-state index contributed by atoms with van der Waals surface area (Å²) in [6, 6.07) is 5.12. The SMILES string of the molecule is C=C1Cc2c(C)c(OC)c(OC)c(OC)c2-c2ccc(OC)c(=O)cc21. The van der Waals surface area contributed by atoms with Crippen molar-refractivity contribution in [1.29, 1.82) is 0 Å². The van der Waals surface area contributed by atoms with Crippen LogP contribution in [0.1, 0.15) is 16.7 Å². The molecule has 0 spiro atoms. The van der Waals surface area contributed by atoms with E-state index in [1.54, 1.807) is 33.5 Å². The molecule has 0 radical (unpaired) electrons. The Morgan fingerprint density at radius 3 is 2.12 bits per heavy atom. The van der Waals surface area contributed by atoms with Gasteiger partial charge < -0.3 is 18.9 Å². The highest BCUT2D eigenvalue weighted by molar-refractivity contribution is 5.93. The Labute approximate surface area is 152 Å². The number of hydrogen-bond donors (Lipinski definition) is 0. The summed E-state index contributed by atoms with van der Waals surface area (Å²) in [6.07, 6.45) is 0.594. The largest absolute Gasteiger partial charge is 0.493 e. The molecule has 0 aliphatic heterocycles. The molecule has 5 nitrogen and oxygen atoms in total. The molecule has 1 aliphatic rings. The third-order valence-electron chi connectivity index (χ3n) is 4.82. The molecular weight excluding hydrogens is 332 g/mol. The molecule has 5 heteroatoms. The predicted molar refractivity (Wildman–Crippen MR) is 102 cm³/mol. The number of hydrogen-bond acceptors (Lipinski definition) is 5. The molecule has 2 aromatic carbocycles. The van der Waals surface area contributed by atoms with Gasteiger partial charge in [0.15, 0.2) is 17.2 Å². The molecule has 0 saturated heterocycles. The van der Waals surface area contributed by atoms with Crippen LogP contribution in [0.3, 0.4) is 0 Å². The maximum Gasteiger partial charge on any atom is 0.220 e. The summed E-state index contributed by atoms with van der Waals surface area (Å²) in [6.45, 7) is 6.17. The van der Waals surface area contributed by atoms with E-state index in [0.717, 1.165) is 33.4 Å². The Balaban J connectivity index is 2.49. The molecule has 0 saturated carbocycles. The number of methoxy groups -OCH3 is 4. The minimum absolute atomic E-state index is 0.186. The summed E-state index contributed by atoms with van der Waals surface area (Å²) in [7, 11) is 6.27. The topological polar surface area (TPSA) is 54.0 Å². The van der Waals surface area contributed by atoms with Gasteiger partial charge in [0.05, 0.1) is 28.4 Å². The second-order valence-electron chi connectivity index (χ2n) is 6.10. The van der Waals surface area contributed by atoms with Crippen LogP contribution in [0.25, 0.3) is 16.7 Å². The van der Waals surface area contributed by atoms with Gasteiger partial charge in [-0.2, -0.15) is 0 Å². The first-order chi connectivity index (χ1) is 12.5. The Morgan fingerprint density at radius 2 is 1.54 bits per heavy atom. The average Bonchev–Trinajstić information content (AvgIpc) is 2.81. The normalized spacial score (nSPS) is 12.1. The van der Waals surface area contributed by atoms with Crippen molar-refractivity contribution in [1.82, 2.24) is 0 Å². The molecule has 136 valence electrons. The van der Waals surface area contributed by atoms with Gasteiger partial charge in [0.25, 0.3) is 0 Å². The lowest BCUT2D eigenvalue weighted by molar-refractivity contribution is 0.323. The highest BCUT2D eigenvalue weighted by Gasteiger charge is 2.30. The van der Waals surface area contributed by atoms with E-state index in [4.69, 9.17) is 18.9 Å². The molecular formula is C21H22O5. The van der Waals surface area contributed by atoms with Crippen LogP contribution in [0.2, 0.25) is 0 Å². The van der Waals surface area contributed by atoms with Crippen molar-refractivity contribution in [3.63, 3.8) is 0 Å². The summed E-state index contributed by atoms with van der Waals surface area (Å²) in [5, 5.41) is 0. The third-order valence-corrected chi connectivity index (χ3v) is 4.82. The number of fused-ring (bicyclic) bond motifs is 3. The van der Waals surface area contributed by atoms with E-state index in [1.165, 1.54) is 7.11 Å². The second kappa shape index (κ2) is 6.75. The first-order valence-corrected chi connectivity index (χ1v) is 8.20. The monoisotopic (exact) mass is 354 g/mol. The lowest BCUT2D eigenvalue weighted by atomic mass is 9.81. The van der Waals surface area contributed by atoms with Crippen LogP contribution < -0.4 is 24.4 Å². The highest BCUT2D eigenvalue weighted by Crippen LogP contribution is 2.53. The second-order valence-corrected chi connectivity index (χ2v) is 6.10. The quantitative estimate of drug-likeness (QED) is 0.839. The van der Waals surface area contributed by atoms with Crippen molar-refractivity contribution < 1.29 is 18.9 Å². The van der Waals surface area contributed by atoms with E-state index in [1.807, 2.05) is 13.0 Å². The molecule has 0 bridgehead atoms. The van der Waals surface area contributed by atoms with Gasteiger partial charge in [-0.1, -0.05) is 6.58 Å². The van der Waals surface area contributed by atoms with Crippen molar-refractivity contribution in [2.75, 3.05) is 28.4 Å². The Hall–Kier alpha value is -2.95. The first kappa shape index (κ1) is 17.9. The lowest BCUT2D eigenvalue weighted by Crippen LogP contribution is -2.10. The van der Waals surface area contributed by atoms with E-state index in [9.17, 15) is 4.79 Å². The molecule has 2 aromatic rings. The Morgan fingerprint density at radius 1 is 0.885 bits per heavy atom. The molecule has 0 N–H and O–H groups in total. The third kappa shape index (κ3) is 2.51. The van der Waals surface area contributed by atoms with Gasteiger partial charge in [0.2, 0.25) is 11.2 Å². The van der Waals surface area contributed by atoms with E-state index in [2.05, 4.69) is 6.58 Å². The van der Waals surface area contributed by atoms with Gasteiger partial charge in [-0.3, -0.25) is 4.79 Å². The number of ether oxygens (including phenoxy) is 4. The number of benzene rings is 1. The molecule has 0 fully saturated rings. The van der Waals surface area contributed by atoms with E-state index in [0.29, 0.717) is 23.7 Å². The zero-order chi connectivity index (χ0) is 19.0. The van der Waals surface area contributed by atoms with Crippen LogP contribution in [-0.4, -0.2) is 28.4 Å². The highest BCUT2D eigenvalue weighted by atomic mass is 16.5. The minimum atomic E-state index is -0.186. The van der Waals surface area contributed by atoms with Crippen LogP contribution >= 0.6 is 0 Å². The Kier molecular flexibility index (Phi) is 4.64. The zero-order valence-corrected chi connectivity index (χ0v) is 15.7. The lowest BCUT2D eigenvalue weighted by Gasteiger charge is -2.27. The molecule has 0 heterocycles. The standard InChI is InChI=1S/C21H22O5/c1-11-9-15-12(2)19(24-4)21(26-6)20(25-5)18(15)13-7-8-17(23-3)16(22)10-14(11)13/h7-8,10H,1,9H2,2-6H3. The van der Waals surface area contributed by atoms with Gasteiger partial charge >= 0.3 is 0 Å². The molecule has 1 aliphatic carbocycles. The van der Waals surface area contributed by atoms with Crippen molar-refractivity contribution in [2.45, 2.75) is 13.3 Å². The van der Waals surface area contributed by atoms with Crippen LogP contribution in [0.4, 0.5) is 0 Å². The fourth-order valence-electron chi connectivity index (χ4n) is 3.58. The summed E-state index contributed by atoms with van der Waals surface area (Å²) >= 11 is 0. The van der Waals surface area contributed by atoms with Gasteiger partial charge in [-0.15, -0.1) is 0 Å². The summed E-state index contributed by atoms with van der Waals surface area (Å²) in [5.41, 5.74) is 5.23. The van der Waals surface area contributed by atoms with Gasteiger partial charge in [0, 0.05) is 5.56 Å². The maximum atomic E-state index is 12.4. The Bertz CT molecular complexity index is 960. The summed E-state index contributed by atoms with van der Waals surface area (Å²) in [4.78, 5) is 12.4.